The fourth-order valence-electron chi connectivity index (χ4n) is 3.39. The molecule has 0 spiro atoms. The zero-order valence-corrected chi connectivity index (χ0v) is 18.8. The number of rotatable bonds is 6. The summed E-state index contributed by atoms with van der Waals surface area (Å²) in [7, 11) is -3.80. The molecule has 0 aromatic heterocycles. The summed E-state index contributed by atoms with van der Waals surface area (Å²) in [6, 6.07) is 9.94. The van der Waals surface area contributed by atoms with E-state index in [2.05, 4.69) is 10.6 Å². The van der Waals surface area contributed by atoms with Gasteiger partial charge in [-0.2, -0.15) is 0 Å². The van der Waals surface area contributed by atoms with E-state index in [1.165, 1.54) is 24.3 Å². The Kier molecular flexibility index (Phi) is 7.55. The molecule has 2 aromatic carbocycles. The largest absolute Gasteiger partial charge is 0.325 e. The monoisotopic (exact) mass is 484 g/mol. The molecule has 3 rings (SSSR count). The zero-order chi connectivity index (χ0) is 22.6. The van der Waals surface area contributed by atoms with E-state index in [4.69, 9.17) is 28.3 Å². The summed E-state index contributed by atoms with van der Waals surface area (Å²) in [5.41, 5.74) is 0.968. The smallest absolute Gasteiger partial charge is 0.241 e. The maximum absolute atomic E-state index is 12.8. The van der Waals surface area contributed by atoms with Gasteiger partial charge in [-0.25, -0.2) is 13.6 Å². The van der Waals surface area contributed by atoms with Crippen LogP contribution in [0.1, 0.15) is 19.3 Å². The van der Waals surface area contributed by atoms with Crippen LogP contribution >= 0.6 is 23.2 Å². The number of nitrogens with one attached hydrogen (secondary N) is 2. The minimum atomic E-state index is -3.80. The van der Waals surface area contributed by atoms with E-state index in [1.54, 1.807) is 18.2 Å². The molecule has 1 fully saturated rings. The Morgan fingerprint density at radius 3 is 2.32 bits per heavy atom. The van der Waals surface area contributed by atoms with Crippen LogP contribution in [-0.2, 0) is 19.6 Å². The van der Waals surface area contributed by atoms with Crippen molar-refractivity contribution in [2.75, 3.05) is 23.7 Å². The number of piperidine rings is 1. The first kappa shape index (κ1) is 23.5. The number of primary sulfonamides is 1. The number of halogens is 2. The van der Waals surface area contributed by atoms with Gasteiger partial charge in [-0.05, 0) is 61.9 Å². The molecule has 166 valence electrons. The lowest BCUT2D eigenvalue weighted by Gasteiger charge is -2.34. The van der Waals surface area contributed by atoms with Gasteiger partial charge >= 0.3 is 0 Å². The van der Waals surface area contributed by atoms with Crippen LogP contribution in [-0.4, -0.2) is 44.3 Å². The highest BCUT2D eigenvalue weighted by Gasteiger charge is 2.30. The van der Waals surface area contributed by atoms with Gasteiger partial charge in [0.1, 0.15) is 0 Å². The molecule has 0 bridgehead atoms. The molecule has 2 amide bonds. The van der Waals surface area contributed by atoms with Gasteiger partial charge in [0.25, 0.3) is 0 Å². The molecule has 1 aliphatic heterocycles. The minimum absolute atomic E-state index is 0.0242. The van der Waals surface area contributed by atoms with E-state index in [9.17, 15) is 18.0 Å². The van der Waals surface area contributed by atoms with Crippen molar-refractivity contribution in [2.24, 2.45) is 5.14 Å². The third kappa shape index (κ3) is 6.41. The van der Waals surface area contributed by atoms with Crippen LogP contribution in [0.3, 0.4) is 0 Å². The van der Waals surface area contributed by atoms with Crippen molar-refractivity contribution in [3.05, 3.63) is 52.5 Å². The van der Waals surface area contributed by atoms with Crippen molar-refractivity contribution in [2.45, 2.75) is 30.2 Å². The molecule has 0 aliphatic carbocycles. The number of carbonyl (C=O) groups excluding carboxylic acids is 2. The molecular formula is C20H22Cl2N4O4S. The van der Waals surface area contributed by atoms with Gasteiger partial charge in [0, 0.05) is 11.4 Å². The molecule has 4 N–H and O–H groups in total. The molecular weight excluding hydrogens is 463 g/mol. The van der Waals surface area contributed by atoms with Gasteiger partial charge in [0.05, 0.1) is 27.5 Å². The fourth-order valence-corrected chi connectivity index (χ4v) is 4.20. The van der Waals surface area contributed by atoms with E-state index in [0.29, 0.717) is 34.4 Å². The number of sulfonamides is 1. The molecule has 1 aliphatic rings. The summed E-state index contributed by atoms with van der Waals surface area (Å²) in [6.45, 7) is 0.633. The number of carbonyl (C=O) groups is 2. The lowest BCUT2D eigenvalue weighted by molar-refractivity contribution is -0.124. The lowest BCUT2D eigenvalue weighted by atomic mass is 10.0. The standard InChI is InChI=1S/C20H22Cl2N4O4S/c21-16-9-6-14(11-17(16)22)25-20(28)18-3-1-2-10-26(18)12-19(27)24-13-4-7-15(8-5-13)31(23,29)30/h4-9,11,18H,1-3,10,12H2,(H,24,27)(H,25,28)(H2,23,29,30). The van der Waals surface area contributed by atoms with E-state index in [1.807, 2.05) is 4.90 Å². The quantitative estimate of drug-likeness (QED) is 0.581. The summed E-state index contributed by atoms with van der Waals surface area (Å²) >= 11 is 11.9. The number of hydrogen-bond acceptors (Lipinski definition) is 5. The van der Waals surface area contributed by atoms with Crippen LogP contribution in [0.2, 0.25) is 10.0 Å². The van der Waals surface area contributed by atoms with E-state index >= 15 is 0 Å². The minimum Gasteiger partial charge on any atom is -0.325 e. The average molecular weight is 485 g/mol. The number of hydrogen-bond donors (Lipinski definition) is 3. The normalized spacial score (nSPS) is 17.2. The maximum Gasteiger partial charge on any atom is 0.241 e. The molecule has 0 radical (unpaired) electrons. The van der Waals surface area contributed by atoms with Crippen molar-refractivity contribution in [3.8, 4) is 0 Å². The summed E-state index contributed by atoms with van der Waals surface area (Å²) in [5, 5.41) is 11.3. The van der Waals surface area contributed by atoms with Crippen molar-refractivity contribution in [1.82, 2.24) is 4.90 Å². The Morgan fingerprint density at radius 2 is 1.68 bits per heavy atom. The van der Waals surface area contributed by atoms with Crippen molar-refractivity contribution >= 4 is 56.4 Å². The summed E-state index contributed by atoms with van der Waals surface area (Å²) in [6.07, 6.45) is 2.39. The zero-order valence-electron chi connectivity index (χ0n) is 16.5. The van der Waals surface area contributed by atoms with Crippen molar-refractivity contribution in [3.63, 3.8) is 0 Å². The highest BCUT2D eigenvalue weighted by molar-refractivity contribution is 7.89. The Hall–Kier alpha value is -2.17. The van der Waals surface area contributed by atoms with Gasteiger partial charge < -0.3 is 10.6 Å². The van der Waals surface area contributed by atoms with E-state index in [-0.39, 0.29) is 23.3 Å². The predicted octanol–water partition coefficient (Wildman–Crippen LogP) is 3.07. The van der Waals surface area contributed by atoms with Crippen LogP contribution in [0, 0.1) is 0 Å². The van der Waals surface area contributed by atoms with Gasteiger partial charge in [0.2, 0.25) is 21.8 Å². The predicted molar refractivity (Wildman–Crippen MR) is 121 cm³/mol. The lowest BCUT2D eigenvalue weighted by Crippen LogP contribution is -2.49. The van der Waals surface area contributed by atoms with Gasteiger partial charge in [-0.15, -0.1) is 0 Å². The first-order valence-electron chi connectivity index (χ1n) is 9.56. The Labute approximate surface area is 190 Å². The molecule has 1 heterocycles. The second kappa shape index (κ2) is 9.97. The van der Waals surface area contributed by atoms with E-state index < -0.39 is 16.1 Å². The summed E-state index contributed by atoms with van der Waals surface area (Å²) < 4.78 is 22.7. The maximum atomic E-state index is 12.8. The number of amides is 2. The molecule has 1 atom stereocenters. The van der Waals surface area contributed by atoms with Crippen LogP contribution in [0.5, 0.6) is 0 Å². The summed E-state index contributed by atoms with van der Waals surface area (Å²) in [4.78, 5) is 27.1. The number of nitrogens with zero attached hydrogens (tertiary/aromatic N) is 1. The molecule has 1 unspecified atom stereocenters. The molecule has 8 nitrogen and oxygen atoms in total. The second-order valence-electron chi connectivity index (χ2n) is 7.22. The average Bonchev–Trinajstić information content (AvgIpc) is 2.71. The van der Waals surface area contributed by atoms with Crippen LogP contribution < -0.4 is 15.8 Å². The molecule has 0 saturated carbocycles. The molecule has 2 aromatic rings. The third-order valence-corrected chi connectivity index (χ3v) is 6.59. The first-order valence-corrected chi connectivity index (χ1v) is 11.9. The second-order valence-corrected chi connectivity index (χ2v) is 9.59. The summed E-state index contributed by atoms with van der Waals surface area (Å²) in [5.74, 6) is -0.527. The number of benzene rings is 2. The highest BCUT2D eigenvalue weighted by atomic mass is 35.5. The first-order chi connectivity index (χ1) is 14.6. The number of anilines is 2. The van der Waals surface area contributed by atoms with Gasteiger partial charge in [0.15, 0.2) is 0 Å². The van der Waals surface area contributed by atoms with Crippen LogP contribution in [0.25, 0.3) is 0 Å². The van der Waals surface area contributed by atoms with Gasteiger partial charge in [-0.3, -0.25) is 14.5 Å². The van der Waals surface area contributed by atoms with Crippen molar-refractivity contribution in [1.29, 1.82) is 0 Å². The molecule has 31 heavy (non-hydrogen) atoms. The third-order valence-electron chi connectivity index (χ3n) is 4.92. The van der Waals surface area contributed by atoms with Gasteiger partial charge in [-0.1, -0.05) is 29.6 Å². The number of likely N-dealkylation sites (tertiary alicyclic amines) is 1. The fraction of sp³-hybridized carbons (Fsp3) is 0.300. The van der Waals surface area contributed by atoms with E-state index in [0.717, 1.165) is 12.8 Å². The SMILES string of the molecule is NS(=O)(=O)c1ccc(NC(=O)CN2CCCCC2C(=O)Nc2ccc(Cl)c(Cl)c2)cc1. The molecule has 11 heteroatoms. The molecule has 1 saturated heterocycles. The Balaban J connectivity index is 1.62. The van der Waals surface area contributed by atoms with Crippen molar-refractivity contribution < 1.29 is 18.0 Å². The topological polar surface area (TPSA) is 122 Å². The number of nitrogens with two attached hydrogens (primary N) is 1. The Bertz CT molecular complexity index is 1080. The van der Waals surface area contributed by atoms with Crippen LogP contribution in [0.4, 0.5) is 11.4 Å². The Morgan fingerprint density at radius 1 is 1.00 bits per heavy atom. The highest BCUT2D eigenvalue weighted by Crippen LogP contribution is 2.26. The van der Waals surface area contributed by atoms with Crippen LogP contribution in [0.15, 0.2) is 47.4 Å².